The van der Waals surface area contributed by atoms with Crippen molar-refractivity contribution in [1.82, 2.24) is 10.3 Å². The first kappa shape index (κ1) is 18.7. The molecule has 24 heavy (non-hydrogen) atoms. The number of aromatic nitrogens is 1. The summed E-state index contributed by atoms with van der Waals surface area (Å²) in [5, 5.41) is 6.76. The van der Waals surface area contributed by atoms with E-state index in [1.54, 1.807) is 12.1 Å². The molecule has 128 valence electrons. The minimum atomic E-state index is -0.230. The van der Waals surface area contributed by atoms with E-state index in [2.05, 4.69) is 27.8 Å². The van der Waals surface area contributed by atoms with Crippen molar-refractivity contribution in [3.05, 3.63) is 58.9 Å². The van der Waals surface area contributed by atoms with Crippen molar-refractivity contribution in [3.8, 4) is 0 Å². The maximum atomic E-state index is 12.1. The first-order valence-corrected chi connectivity index (χ1v) is 8.31. The molecule has 1 atom stereocenters. The number of benzene rings is 1. The Morgan fingerprint density at radius 1 is 1.25 bits per heavy atom. The molecular formula is C18H21Cl2N3O. The summed E-state index contributed by atoms with van der Waals surface area (Å²) in [4.78, 5) is 16.1. The molecule has 1 saturated heterocycles. The van der Waals surface area contributed by atoms with E-state index in [4.69, 9.17) is 11.6 Å². The highest BCUT2D eigenvalue weighted by atomic mass is 35.5. The Morgan fingerprint density at radius 3 is 2.67 bits per heavy atom. The molecule has 1 aliphatic rings. The van der Waals surface area contributed by atoms with Gasteiger partial charge in [0.05, 0.1) is 5.02 Å². The predicted octanol–water partition coefficient (Wildman–Crippen LogP) is 3.95. The lowest BCUT2D eigenvalue weighted by atomic mass is 9.99. The number of amides is 1. The summed E-state index contributed by atoms with van der Waals surface area (Å²) < 4.78 is 0. The number of nitrogens with one attached hydrogen (secondary N) is 2. The van der Waals surface area contributed by atoms with Crippen LogP contribution in [-0.2, 0) is 6.42 Å². The lowest BCUT2D eigenvalue weighted by Crippen LogP contribution is -2.13. The molecule has 0 radical (unpaired) electrons. The first-order chi connectivity index (χ1) is 11.2. The van der Waals surface area contributed by atoms with Gasteiger partial charge in [-0.05, 0) is 68.1 Å². The zero-order valence-corrected chi connectivity index (χ0v) is 14.9. The molecule has 1 aromatic heterocycles. The van der Waals surface area contributed by atoms with Crippen molar-refractivity contribution in [3.63, 3.8) is 0 Å². The van der Waals surface area contributed by atoms with Gasteiger partial charge >= 0.3 is 0 Å². The van der Waals surface area contributed by atoms with E-state index in [-0.39, 0.29) is 18.3 Å². The number of carbonyl (C=O) groups is 1. The molecule has 2 heterocycles. The van der Waals surface area contributed by atoms with Crippen LogP contribution in [0, 0.1) is 5.92 Å². The van der Waals surface area contributed by atoms with Crippen molar-refractivity contribution >= 4 is 35.6 Å². The molecule has 1 unspecified atom stereocenters. The van der Waals surface area contributed by atoms with E-state index in [0.29, 0.717) is 10.7 Å². The van der Waals surface area contributed by atoms with Crippen molar-refractivity contribution in [1.29, 1.82) is 0 Å². The minimum Gasteiger partial charge on any atom is -0.321 e. The van der Waals surface area contributed by atoms with Crippen molar-refractivity contribution in [2.75, 3.05) is 18.4 Å². The van der Waals surface area contributed by atoms with Crippen LogP contribution in [-0.4, -0.2) is 24.0 Å². The Bertz CT molecular complexity index is 653. The van der Waals surface area contributed by atoms with E-state index in [1.807, 2.05) is 12.1 Å². The molecule has 1 amide bonds. The van der Waals surface area contributed by atoms with Crippen LogP contribution in [0.1, 0.15) is 28.9 Å². The summed E-state index contributed by atoms with van der Waals surface area (Å²) in [6, 6.07) is 11.3. The summed E-state index contributed by atoms with van der Waals surface area (Å²) in [6.45, 7) is 2.29. The van der Waals surface area contributed by atoms with Crippen LogP contribution < -0.4 is 10.6 Å². The van der Waals surface area contributed by atoms with Crippen LogP contribution in [0.5, 0.6) is 0 Å². The van der Waals surface area contributed by atoms with Gasteiger partial charge in [-0.15, -0.1) is 12.4 Å². The normalized spacial score (nSPS) is 16.5. The lowest BCUT2D eigenvalue weighted by Gasteiger charge is -2.09. The second-order valence-electron chi connectivity index (χ2n) is 5.91. The molecule has 0 saturated carbocycles. The number of hydrogen-bond acceptors (Lipinski definition) is 3. The first-order valence-electron chi connectivity index (χ1n) is 7.93. The Morgan fingerprint density at radius 2 is 2.04 bits per heavy atom. The molecule has 4 nitrogen and oxygen atoms in total. The number of anilines is 1. The van der Waals surface area contributed by atoms with Gasteiger partial charge in [0.2, 0.25) is 0 Å². The maximum Gasteiger partial charge on any atom is 0.274 e. The molecule has 2 aromatic rings. The minimum absolute atomic E-state index is 0. The average molecular weight is 366 g/mol. The molecule has 1 aliphatic heterocycles. The predicted molar refractivity (Wildman–Crippen MR) is 100 cm³/mol. The van der Waals surface area contributed by atoms with Gasteiger partial charge in [0, 0.05) is 11.9 Å². The highest BCUT2D eigenvalue weighted by molar-refractivity contribution is 6.30. The smallest absolute Gasteiger partial charge is 0.274 e. The van der Waals surface area contributed by atoms with Gasteiger partial charge in [-0.2, -0.15) is 0 Å². The van der Waals surface area contributed by atoms with E-state index in [9.17, 15) is 4.79 Å². The van der Waals surface area contributed by atoms with Crippen LogP contribution in [0.25, 0.3) is 0 Å². The zero-order chi connectivity index (χ0) is 16.1. The third-order valence-corrected chi connectivity index (χ3v) is 4.40. The Hall–Kier alpha value is -1.62. The fourth-order valence-corrected chi connectivity index (χ4v) is 2.90. The van der Waals surface area contributed by atoms with Crippen LogP contribution in [0.3, 0.4) is 0 Å². The standard InChI is InChI=1S/C18H20ClN3O.ClH/c19-15-5-8-17(21-12-15)18(23)22-16-6-3-13(4-7-16)1-2-14-9-10-20-11-14;/h3-8,12,14,20H,1-2,9-11H2,(H,22,23);1H. The molecule has 0 bridgehead atoms. The summed E-state index contributed by atoms with van der Waals surface area (Å²) >= 11 is 5.77. The Balaban J connectivity index is 0.00000208. The van der Waals surface area contributed by atoms with Gasteiger partial charge in [-0.1, -0.05) is 23.7 Å². The molecule has 2 N–H and O–H groups in total. The number of aryl methyl sites for hydroxylation is 1. The maximum absolute atomic E-state index is 12.1. The second kappa shape index (κ2) is 9.02. The number of hydrogen-bond donors (Lipinski definition) is 2. The quantitative estimate of drug-likeness (QED) is 0.843. The van der Waals surface area contributed by atoms with E-state index < -0.39 is 0 Å². The van der Waals surface area contributed by atoms with Gasteiger partial charge in [-0.3, -0.25) is 4.79 Å². The molecule has 1 aromatic carbocycles. The molecule has 1 fully saturated rings. The highest BCUT2D eigenvalue weighted by Crippen LogP contribution is 2.18. The Labute approximate surface area is 153 Å². The van der Waals surface area contributed by atoms with Crippen molar-refractivity contribution < 1.29 is 4.79 Å². The number of pyridine rings is 1. The SMILES string of the molecule is Cl.O=C(Nc1ccc(CCC2CCNC2)cc1)c1ccc(Cl)cn1. The summed E-state index contributed by atoms with van der Waals surface area (Å²) in [5.41, 5.74) is 2.43. The third kappa shape index (κ3) is 5.20. The average Bonchev–Trinajstić information content (AvgIpc) is 3.08. The largest absolute Gasteiger partial charge is 0.321 e. The van der Waals surface area contributed by atoms with Gasteiger partial charge < -0.3 is 10.6 Å². The zero-order valence-electron chi connectivity index (χ0n) is 13.3. The van der Waals surface area contributed by atoms with Gasteiger partial charge in [0.25, 0.3) is 5.91 Å². The molecule has 0 aliphatic carbocycles. The summed E-state index contributed by atoms with van der Waals surface area (Å²) in [6.07, 6.45) is 5.05. The molecule has 3 rings (SSSR count). The summed E-state index contributed by atoms with van der Waals surface area (Å²) in [5.74, 6) is 0.566. The fourth-order valence-electron chi connectivity index (χ4n) is 2.79. The van der Waals surface area contributed by atoms with E-state index in [1.165, 1.54) is 24.6 Å². The number of rotatable bonds is 5. The van der Waals surface area contributed by atoms with Crippen LogP contribution in [0.2, 0.25) is 5.02 Å². The van der Waals surface area contributed by atoms with Gasteiger partial charge in [0.1, 0.15) is 5.69 Å². The van der Waals surface area contributed by atoms with Crippen molar-refractivity contribution in [2.45, 2.75) is 19.3 Å². The summed E-state index contributed by atoms with van der Waals surface area (Å²) in [7, 11) is 0. The van der Waals surface area contributed by atoms with E-state index >= 15 is 0 Å². The number of carbonyl (C=O) groups excluding carboxylic acids is 1. The lowest BCUT2D eigenvalue weighted by molar-refractivity contribution is 0.102. The number of halogens is 2. The van der Waals surface area contributed by atoms with Gasteiger partial charge in [0.15, 0.2) is 0 Å². The topological polar surface area (TPSA) is 54.0 Å². The van der Waals surface area contributed by atoms with Crippen molar-refractivity contribution in [2.24, 2.45) is 5.92 Å². The molecule has 0 spiro atoms. The molecular weight excluding hydrogens is 345 g/mol. The monoisotopic (exact) mass is 365 g/mol. The van der Waals surface area contributed by atoms with Gasteiger partial charge in [-0.25, -0.2) is 4.98 Å². The number of nitrogens with zero attached hydrogens (tertiary/aromatic N) is 1. The van der Waals surface area contributed by atoms with Crippen LogP contribution >= 0.6 is 24.0 Å². The third-order valence-electron chi connectivity index (χ3n) is 4.18. The van der Waals surface area contributed by atoms with Crippen LogP contribution in [0.15, 0.2) is 42.6 Å². The fraction of sp³-hybridized carbons (Fsp3) is 0.333. The highest BCUT2D eigenvalue weighted by Gasteiger charge is 2.14. The van der Waals surface area contributed by atoms with E-state index in [0.717, 1.165) is 31.1 Å². The van der Waals surface area contributed by atoms with Crippen LogP contribution in [0.4, 0.5) is 5.69 Å². The molecule has 6 heteroatoms. The Kier molecular flexibility index (Phi) is 7.03. The second-order valence-corrected chi connectivity index (χ2v) is 6.35.